The molecule has 2 heteroatoms. The van der Waals surface area contributed by atoms with Gasteiger partial charge >= 0.3 is 5.97 Å². The summed E-state index contributed by atoms with van der Waals surface area (Å²) in [6.07, 6.45) is 1.95. The maximum atomic E-state index is 10.6. The highest BCUT2D eigenvalue weighted by molar-refractivity contribution is 5.70. The van der Waals surface area contributed by atoms with Crippen molar-refractivity contribution in [3.8, 4) is 0 Å². The van der Waals surface area contributed by atoms with Gasteiger partial charge < -0.3 is 5.11 Å². The third kappa shape index (κ3) is 1.15. The predicted octanol–water partition coefficient (Wildman–Crippen LogP) is 1.75. The fourth-order valence-corrected chi connectivity index (χ4v) is 1.71. The summed E-state index contributed by atoms with van der Waals surface area (Å²) >= 11 is 0. The maximum Gasteiger partial charge on any atom is 0.306 e. The Labute approximate surface area is 61.2 Å². The molecule has 1 saturated carbocycles. The zero-order valence-electron chi connectivity index (χ0n) is 6.50. The van der Waals surface area contributed by atoms with Crippen molar-refractivity contribution in [1.29, 1.82) is 0 Å². The number of aliphatic carboxylic acids is 1. The normalized spacial score (nSPS) is 40.0. The van der Waals surface area contributed by atoms with Gasteiger partial charge in [-0.25, -0.2) is 0 Å². The van der Waals surface area contributed by atoms with E-state index < -0.39 is 5.97 Å². The summed E-state index contributed by atoms with van der Waals surface area (Å²) in [5, 5.41) is 8.70. The molecule has 0 heterocycles. The highest BCUT2D eigenvalue weighted by atomic mass is 16.4. The van der Waals surface area contributed by atoms with Gasteiger partial charge in [-0.2, -0.15) is 0 Å². The Kier molecular flexibility index (Phi) is 1.97. The van der Waals surface area contributed by atoms with Crippen molar-refractivity contribution in [3.05, 3.63) is 0 Å². The van der Waals surface area contributed by atoms with Gasteiger partial charge in [0.1, 0.15) is 0 Å². The molecule has 2 nitrogen and oxygen atoms in total. The number of rotatable bonds is 1. The minimum atomic E-state index is -0.614. The van der Waals surface area contributed by atoms with Crippen molar-refractivity contribution in [1.82, 2.24) is 0 Å². The van der Waals surface area contributed by atoms with Gasteiger partial charge in [0, 0.05) is 0 Å². The minimum absolute atomic E-state index is 0.0741. The average Bonchev–Trinajstić information content (AvgIpc) is 2.14. The zero-order valence-corrected chi connectivity index (χ0v) is 6.50. The standard InChI is InChI=1S/C8H14O2/c1-5-3-4-7(6(5)2)8(9)10/h5-7H,3-4H2,1-2H3,(H,9,10)/t5-,6+,7-/m0/s1. The Balaban J connectivity index is 2.57. The first-order chi connectivity index (χ1) is 4.63. The Morgan fingerprint density at radius 1 is 1.40 bits per heavy atom. The first kappa shape index (κ1) is 7.58. The van der Waals surface area contributed by atoms with Crippen molar-refractivity contribution in [2.75, 3.05) is 0 Å². The van der Waals surface area contributed by atoms with Gasteiger partial charge in [-0.15, -0.1) is 0 Å². The van der Waals surface area contributed by atoms with Crippen LogP contribution in [0.3, 0.4) is 0 Å². The molecule has 0 spiro atoms. The Morgan fingerprint density at radius 2 is 2.00 bits per heavy atom. The summed E-state index contributed by atoms with van der Waals surface area (Å²) in [5.74, 6) is 0.283. The van der Waals surface area contributed by atoms with Crippen LogP contribution in [0.25, 0.3) is 0 Å². The van der Waals surface area contributed by atoms with Crippen molar-refractivity contribution in [3.63, 3.8) is 0 Å². The predicted molar refractivity (Wildman–Crippen MR) is 38.7 cm³/mol. The third-order valence-electron chi connectivity index (χ3n) is 2.78. The molecule has 0 radical (unpaired) electrons. The highest BCUT2D eigenvalue weighted by Gasteiger charge is 2.34. The van der Waals surface area contributed by atoms with E-state index in [4.69, 9.17) is 5.11 Å². The smallest absolute Gasteiger partial charge is 0.306 e. The molecular weight excluding hydrogens is 128 g/mol. The molecule has 0 unspecified atom stereocenters. The lowest BCUT2D eigenvalue weighted by atomic mass is 9.93. The van der Waals surface area contributed by atoms with E-state index in [9.17, 15) is 4.79 Å². The highest BCUT2D eigenvalue weighted by Crippen LogP contribution is 2.36. The summed E-state index contributed by atoms with van der Waals surface area (Å²) < 4.78 is 0. The molecule has 0 aromatic rings. The molecule has 0 aromatic heterocycles. The van der Waals surface area contributed by atoms with E-state index in [2.05, 4.69) is 6.92 Å². The molecule has 0 aromatic carbocycles. The van der Waals surface area contributed by atoms with E-state index in [0.717, 1.165) is 12.8 Å². The lowest BCUT2D eigenvalue weighted by Gasteiger charge is -2.12. The molecular formula is C8H14O2. The topological polar surface area (TPSA) is 37.3 Å². The molecule has 1 N–H and O–H groups in total. The van der Waals surface area contributed by atoms with Crippen LogP contribution in [0.15, 0.2) is 0 Å². The number of carbonyl (C=O) groups is 1. The summed E-state index contributed by atoms with van der Waals surface area (Å²) in [6, 6.07) is 0. The van der Waals surface area contributed by atoms with E-state index in [1.807, 2.05) is 6.92 Å². The number of hydrogen-bond acceptors (Lipinski definition) is 1. The molecule has 0 saturated heterocycles. The van der Waals surface area contributed by atoms with Gasteiger partial charge in [0.15, 0.2) is 0 Å². The second-order valence-electron chi connectivity index (χ2n) is 3.36. The monoisotopic (exact) mass is 142 g/mol. The summed E-state index contributed by atoms with van der Waals surface area (Å²) in [4.78, 5) is 10.6. The van der Waals surface area contributed by atoms with E-state index in [-0.39, 0.29) is 5.92 Å². The Morgan fingerprint density at radius 3 is 2.20 bits per heavy atom. The van der Waals surface area contributed by atoms with Gasteiger partial charge in [0.05, 0.1) is 5.92 Å². The molecule has 1 rings (SSSR count). The summed E-state index contributed by atoms with van der Waals surface area (Å²) in [6.45, 7) is 4.17. The summed E-state index contributed by atoms with van der Waals surface area (Å²) in [7, 11) is 0. The second-order valence-corrected chi connectivity index (χ2v) is 3.36. The first-order valence-electron chi connectivity index (χ1n) is 3.85. The van der Waals surface area contributed by atoms with E-state index in [1.165, 1.54) is 0 Å². The van der Waals surface area contributed by atoms with Crippen molar-refractivity contribution < 1.29 is 9.90 Å². The SMILES string of the molecule is C[C@H]1[C@@H](C(=O)O)CC[C@@H]1C. The molecule has 0 bridgehead atoms. The quantitative estimate of drug-likeness (QED) is 0.605. The van der Waals surface area contributed by atoms with Crippen LogP contribution in [0, 0.1) is 17.8 Å². The lowest BCUT2D eigenvalue weighted by molar-refractivity contribution is -0.142. The maximum absolute atomic E-state index is 10.6. The number of hydrogen-bond donors (Lipinski definition) is 1. The fourth-order valence-electron chi connectivity index (χ4n) is 1.71. The molecule has 1 aliphatic rings. The van der Waals surface area contributed by atoms with Crippen molar-refractivity contribution in [2.45, 2.75) is 26.7 Å². The van der Waals surface area contributed by atoms with E-state index in [1.54, 1.807) is 0 Å². The molecule has 0 aliphatic heterocycles. The first-order valence-corrected chi connectivity index (χ1v) is 3.85. The molecule has 10 heavy (non-hydrogen) atoms. The molecule has 3 atom stereocenters. The zero-order chi connectivity index (χ0) is 7.72. The minimum Gasteiger partial charge on any atom is -0.481 e. The Bertz CT molecular complexity index is 142. The van der Waals surface area contributed by atoms with Crippen LogP contribution in [0.4, 0.5) is 0 Å². The summed E-state index contributed by atoms with van der Waals surface area (Å²) in [5.41, 5.74) is 0. The molecule has 0 amide bonds. The van der Waals surface area contributed by atoms with Crippen LogP contribution < -0.4 is 0 Å². The molecule has 58 valence electrons. The van der Waals surface area contributed by atoms with Crippen LogP contribution >= 0.6 is 0 Å². The van der Waals surface area contributed by atoms with Gasteiger partial charge in [-0.3, -0.25) is 4.79 Å². The van der Waals surface area contributed by atoms with Crippen LogP contribution in [0.1, 0.15) is 26.7 Å². The van der Waals surface area contributed by atoms with Crippen LogP contribution in [-0.4, -0.2) is 11.1 Å². The second kappa shape index (κ2) is 2.60. The van der Waals surface area contributed by atoms with Crippen LogP contribution in [0.2, 0.25) is 0 Å². The van der Waals surface area contributed by atoms with Crippen LogP contribution in [-0.2, 0) is 4.79 Å². The van der Waals surface area contributed by atoms with Gasteiger partial charge in [-0.05, 0) is 24.7 Å². The van der Waals surface area contributed by atoms with Gasteiger partial charge in [0.2, 0.25) is 0 Å². The van der Waals surface area contributed by atoms with E-state index in [0.29, 0.717) is 11.8 Å². The largest absolute Gasteiger partial charge is 0.481 e. The van der Waals surface area contributed by atoms with Crippen molar-refractivity contribution >= 4 is 5.97 Å². The molecule has 1 fully saturated rings. The fraction of sp³-hybridized carbons (Fsp3) is 0.875. The Hall–Kier alpha value is -0.530. The van der Waals surface area contributed by atoms with Gasteiger partial charge in [-0.1, -0.05) is 13.8 Å². The molecule has 1 aliphatic carbocycles. The average molecular weight is 142 g/mol. The lowest BCUT2D eigenvalue weighted by Crippen LogP contribution is -2.18. The number of carboxylic acids is 1. The van der Waals surface area contributed by atoms with Crippen molar-refractivity contribution in [2.24, 2.45) is 17.8 Å². The number of carboxylic acid groups (broad SMARTS) is 1. The van der Waals surface area contributed by atoms with Gasteiger partial charge in [0.25, 0.3) is 0 Å². The third-order valence-corrected chi connectivity index (χ3v) is 2.78. The van der Waals surface area contributed by atoms with Crippen LogP contribution in [0.5, 0.6) is 0 Å². The van der Waals surface area contributed by atoms with E-state index >= 15 is 0 Å².